The monoisotopic (exact) mass is 303 g/mol. The quantitative estimate of drug-likeness (QED) is 0.437. The Hall–Kier alpha value is 1.17. The molecule has 1 aliphatic rings. The van der Waals surface area contributed by atoms with Gasteiger partial charge in [-0.3, -0.25) is 0 Å². The Balaban J connectivity index is -0.000000563. The average Bonchev–Trinajstić information content (AvgIpc) is 2.11. The summed E-state index contributed by atoms with van der Waals surface area (Å²) in [5.74, 6) is 0. The second kappa shape index (κ2) is 16.2. The molecule has 0 radical (unpaired) electrons. The number of nitrogens with one attached hydrogen (secondary N) is 2. The van der Waals surface area contributed by atoms with Gasteiger partial charge in [0.25, 0.3) is 0 Å². The molecule has 3 nitrogen and oxygen atoms in total. The standard InChI is InChI=1S/C10H23N3.2ClH.Ti/c1-13-9-3-7-11-5-2-6-12-8-4-10-13;;;/h11-12H,2-10H2,1H3;2*1H;/p-2. The van der Waals surface area contributed by atoms with E-state index in [4.69, 9.17) is 0 Å². The van der Waals surface area contributed by atoms with Crippen molar-refractivity contribution in [1.82, 2.24) is 15.5 Å². The van der Waals surface area contributed by atoms with Crippen LogP contribution in [-0.2, 0) is 21.7 Å². The molecule has 0 aromatic carbocycles. The van der Waals surface area contributed by atoms with Crippen LogP contribution in [-0.4, -0.2) is 51.2 Å². The van der Waals surface area contributed by atoms with E-state index in [1.54, 1.807) is 0 Å². The van der Waals surface area contributed by atoms with Crippen molar-refractivity contribution < 1.29 is 46.5 Å². The van der Waals surface area contributed by atoms with Crippen LogP contribution in [0.2, 0.25) is 0 Å². The normalized spacial score (nSPS) is 20.1. The fraction of sp³-hybridized carbons (Fsp3) is 1.00. The predicted molar refractivity (Wildman–Crippen MR) is 57.1 cm³/mol. The molecule has 1 rings (SSSR count). The summed E-state index contributed by atoms with van der Waals surface area (Å²) in [4.78, 5) is 2.42. The summed E-state index contributed by atoms with van der Waals surface area (Å²) in [6.45, 7) is 7.13. The van der Waals surface area contributed by atoms with Gasteiger partial charge in [0.05, 0.1) is 0 Å². The first-order chi connectivity index (χ1) is 6.39. The summed E-state index contributed by atoms with van der Waals surface area (Å²) >= 11 is 0. The van der Waals surface area contributed by atoms with Crippen molar-refractivity contribution in [3.8, 4) is 0 Å². The Bertz CT molecular complexity index is 119. The third-order valence-electron chi connectivity index (χ3n) is 2.49. The van der Waals surface area contributed by atoms with Crippen LogP contribution in [0.3, 0.4) is 0 Å². The number of halogens is 2. The molecule has 0 atom stereocenters. The summed E-state index contributed by atoms with van der Waals surface area (Å²) in [7, 11) is 2.21. The largest absolute Gasteiger partial charge is 1.00 e. The van der Waals surface area contributed by atoms with E-state index in [0.29, 0.717) is 0 Å². The van der Waals surface area contributed by atoms with Crippen LogP contribution in [0.5, 0.6) is 0 Å². The summed E-state index contributed by atoms with van der Waals surface area (Å²) in [6.07, 6.45) is 3.82. The van der Waals surface area contributed by atoms with E-state index >= 15 is 0 Å². The molecule has 1 fully saturated rings. The number of rotatable bonds is 0. The second-order valence-corrected chi connectivity index (χ2v) is 3.86. The number of hydrogen-bond acceptors (Lipinski definition) is 3. The molecule has 1 aliphatic heterocycles. The van der Waals surface area contributed by atoms with E-state index in [-0.39, 0.29) is 46.5 Å². The van der Waals surface area contributed by atoms with Crippen molar-refractivity contribution in [2.75, 3.05) is 46.3 Å². The maximum absolute atomic E-state index is 3.46. The Morgan fingerprint density at radius 1 is 0.750 bits per heavy atom. The minimum atomic E-state index is 0. The van der Waals surface area contributed by atoms with Crippen LogP contribution in [0.4, 0.5) is 0 Å². The molecular formula is C10H23Cl2N3Ti-2. The molecule has 6 heteroatoms. The Labute approximate surface area is 127 Å². The van der Waals surface area contributed by atoms with E-state index in [0.717, 1.165) is 13.1 Å². The summed E-state index contributed by atoms with van der Waals surface area (Å²) < 4.78 is 0. The molecule has 0 bridgehead atoms. The zero-order valence-corrected chi connectivity index (χ0v) is 13.1. The first-order valence-electron chi connectivity index (χ1n) is 5.49. The smallest absolute Gasteiger partial charge is 0 e. The minimum absolute atomic E-state index is 0. The minimum Gasteiger partial charge on any atom is -1.00 e. The van der Waals surface area contributed by atoms with Crippen LogP contribution in [0.15, 0.2) is 0 Å². The Morgan fingerprint density at radius 2 is 1.12 bits per heavy atom. The molecule has 1 saturated heterocycles. The summed E-state index contributed by atoms with van der Waals surface area (Å²) in [5.41, 5.74) is 0. The molecule has 16 heavy (non-hydrogen) atoms. The van der Waals surface area contributed by atoms with Gasteiger partial charge in [-0.15, -0.1) is 0 Å². The number of hydrogen-bond donors (Lipinski definition) is 2. The first-order valence-corrected chi connectivity index (χ1v) is 5.49. The molecule has 2 N–H and O–H groups in total. The van der Waals surface area contributed by atoms with Gasteiger partial charge in [-0.1, -0.05) is 0 Å². The van der Waals surface area contributed by atoms with E-state index in [2.05, 4.69) is 22.6 Å². The number of nitrogens with zero attached hydrogens (tertiary/aromatic N) is 1. The third kappa shape index (κ3) is 13.2. The zero-order valence-electron chi connectivity index (χ0n) is 10.1. The maximum atomic E-state index is 3.46. The molecule has 0 unspecified atom stereocenters. The van der Waals surface area contributed by atoms with Gasteiger partial charge in [0, 0.05) is 21.7 Å². The zero-order chi connectivity index (χ0) is 9.36. The van der Waals surface area contributed by atoms with E-state index in [9.17, 15) is 0 Å². The van der Waals surface area contributed by atoms with Crippen LogP contribution >= 0.6 is 0 Å². The van der Waals surface area contributed by atoms with Crippen molar-refractivity contribution in [2.24, 2.45) is 0 Å². The van der Waals surface area contributed by atoms with Gasteiger partial charge in [-0.25, -0.2) is 0 Å². The molecule has 0 aromatic rings. The maximum Gasteiger partial charge on any atom is 0 e. The fourth-order valence-electron chi connectivity index (χ4n) is 1.65. The van der Waals surface area contributed by atoms with Crippen LogP contribution in [0.1, 0.15) is 19.3 Å². The van der Waals surface area contributed by atoms with Crippen LogP contribution in [0, 0.1) is 0 Å². The molecule has 0 saturated carbocycles. The SMILES string of the molecule is CN1CCCNCCCNCCC1.[Cl-].[Cl-].[Ti]. The van der Waals surface area contributed by atoms with Gasteiger partial charge in [-0.05, 0) is 65.6 Å². The van der Waals surface area contributed by atoms with E-state index in [1.807, 2.05) is 0 Å². The average molecular weight is 304 g/mol. The van der Waals surface area contributed by atoms with Gasteiger partial charge in [0.15, 0.2) is 0 Å². The van der Waals surface area contributed by atoms with Gasteiger partial charge in [0.2, 0.25) is 0 Å². The molecule has 0 aliphatic carbocycles. The molecule has 0 spiro atoms. The van der Waals surface area contributed by atoms with Crippen molar-refractivity contribution in [3.05, 3.63) is 0 Å². The van der Waals surface area contributed by atoms with E-state index < -0.39 is 0 Å². The first kappa shape index (κ1) is 22.4. The van der Waals surface area contributed by atoms with Gasteiger partial charge >= 0.3 is 0 Å². The fourth-order valence-corrected chi connectivity index (χ4v) is 1.65. The van der Waals surface area contributed by atoms with Crippen LogP contribution in [0.25, 0.3) is 0 Å². The molecule has 1 heterocycles. The predicted octanol–water partition coefficient (Wildman–Crippen LogP) is -5.71. The van der Waals surface area contributed by atoms with Gasteiger partial charge in [-0.2, -0.15) is 0 Å². The van der Waals surface area contributed by atoms with Crippen molar-refractivity contribution >= 4 is 0 Å². The molecule has 0 aromatic heterocycles. The summed E-state index contributed by atoms with van der Waals surface area (Å²) in [6, 6.07) is 0. The topological polar surface area (TPSA) is 27.3 Å². The second-order valence-electron chi connectivity index (χ2n) is 3.86. The Kier molecular flexibility index (Phi) is 22.6. The van der Waals surface area contributed by atoms with Crippen LogP contribution < -0.4 is 35.4 Å². The molecule has 0 amide bonds. The Morgan fingerprint density at radius 3 is 1.56 bits per heavy atom. The molecule has 98 valence electrons. The van der Waals surface area contributed by atoms with Crippen molar-refractivity contribution in [2.45, 2.75) is 19.3 Å². The van der Waals surface area contributed by atoms with Crippen molar-refractivity contribution in [1.29, 1.82) is 0 Å². The van der Waals surface area contributed by atoms with Crippen molar-refractivity contribution in [3.63, 3.8) is 0 Å². The summed E-state index contributed by atoms with van der Waals surface area (Å²) in [5, 5.41) is 6.91. The van der Waals surface area contributed by atoms with Gasteiger partial charge in [0.1, 0.15) is 0 Å². The van der Waals surface area contributed by atoms with Gasteiger partial charge < -0.3 is 40.3 Å². The third-order valence-corrected chi connectivity index (χ3v) is 2.49. The van der Waals surface area contributed by atoms with E-state index in [1.165, 1.54) is 45.4 Å². The molecular weight excluding hydrogens is 281 g/mol.